The van der Waals surface area contributed by atoms with Crippen molar-refractivity contribution in [3.05, 3.63) is 0 Å². The normalized spacial score (nSPS) is 49.2. The second-order valence-electron chi connectivity index (χ2n) is 2.81. The summed E-state index contributed by atoms with van der Waals surface area (Å²) in [5, 5.41) is 36.0. The van der Waals surface area contributed by atoms with Gasteiger partial charge in [0, 0.05) is 0 Å². The van der Waals surface area contributed by atoms with Gasteiger partial charge < -0.3 is 30.9 Å². The molecule has 0 radical (unpaired) electrons. The number of rotatable bonds is 1. The highest BCUT2D eigenvalue weighted by atomic mass is 16.6. The van der Waals surface area contributed by atoms with Crippen molar-refractivity contribution >= 4 is 0 Å². The molecule has 6 heteroatoms. The molecule has 1 rings (SSSR count). The van der Waals surface area contributed by atoms with Crippen LogP contribution in [0.1, 0.15) is 0 Å². The molecule has 5 atom stereocenters. The summed E-state index contributed by atoms with van der Waals surface area (Å²) < 4.78 is 4.66. The minimum atomic E-state index is -1.44. The molecule has 2 unspecified atom stereocenters. The van der Waals surface area contributed by atoms with E-state index < -0.39 is 37.3 Å². The van der Waals surface area contributed by atoms with Gasteiger partial charge in [-0.05, 0) is 0 Å². The first-order valence-corrected chi connectivity index (χ1v) is 3.64. The van der Waals surface area contributed by atoms with Gasteiger partial charge in [-0.2, -0.15) is 0 Å². The van der Waals surface area contributed by atoms with E-state index in [2.05, 4.69) is 4.74 Å². The summed E-state index contributed by atoms with van der Waals surface area (Å²) in [5.74, 6) is 0. The topological polar surface area (TPSA) is 116 Å². The van der Waals surface area contributed by atoms with E-state index in [1.165, 1.54) is 0 Å². The Balaban J connectivity index is 2.63. The minimum Gasteiger partial charge on any atom is -0.394 e. The molecule has 1 fully saturated rings. The van der Waals surface area contributed by atoms with Crippen LogP contribution in [-0.2, 0) is 4.74 Å². The number of hydrogen-bond acceptors (Lipinski definition) is 6. The number of nitrogens with two attached hydrogens (primary N) is 1. The molecule has 1 heterocycles. The lowest BCUT2D eigenvalue weighted by Gasteiger charge is -2.38. The Kier molecular flexibility index (Phi) is 2.99. The first-order chi connectivity index (χ1) is 5.57. The van der Waals surface area contributed by atoms with Crippen LogP contribution in [0.3, 0.4) is 0 Å². The van der Waals surface area contributed by atoms with Gasteiger partial charge in [0.1, 0.15) is 18.3 Å². The molecule has 0 bridgehead atoms. The molecule has 6 nitrogen and oxygen atoms in total. The molecule has 0 aromatic heterocycles. The molecule has 0 saturated carbocycles. The molecule has 0 aromatic rings. The van der Waals surface area contributed by atoms with E-state index in [9.17, 15) is 5.11 Å². The Hall–Kier alpha value is -0.240. The van der Waals surface area contributed by atoms with E-state index in [-0.39, 0.29) is 0 Å². The summed E-state index contributed by atoms with van der Waals surface area (Å²) >= 11 is 0. The zero-order chi connectivity index (χ0) is 9.30. The van der Waals surface area contributed by atoms with Crippen molar-refractivity contribution in [2.45, 2.75) is 30.6 Å². The van der Waals surface area contributed by atoms with E-state index in [0.29, 0.717) is 0 Å². The van der Waals surface area contributed by atoms with Gasteiger partial charge in [0.25, 0.3) is 0 Å². The third-order valence-corrected chi connectivity index (χ3v) is 1.96. The van der Waals surface area contributed by atoms with Gasteiger partial charge >= 0.3 is 0 Å². The van der Waals surface area contributed by atoms with Gasteiger partial charge in [-0.1, -0.05) is 0 Å². The SMILES string of the molecule is N[C@@H]1C(O)[C@H](O)OC(CO)[C@H]1O. The van der Waals surface area contributed by atoms with Crippen LogP contribution in [-0.4, -0.2) is 57.7 Å². The average Bonchev–Trinajstić information content (AvgIpc) is 2.08. The summed E-state index contributed by atoms with van der Waals surface area (Å²) in [7, 11) is 0. The van der Waals surface area contributed by atoms with Crippen molar-refractivity contribution in [1.29, 1.82) is 0 Å². The van der Waals surface area contributed by atoms with Gasteiger partial charge in [0.15, 0.2) is 6.29 Å². The summed E-state index contributed by atoms with van der Waals surface area (Å²) in [6, 6.07) is -0.995. The maximum absolute atomic E-state index is 9.24. The summed E-state index contributed by atoms with van der Waals surface area (Å²) in [6.45, 7) is -0.446. The van der Waals surface area contributed by atoms with Gasteiger partial charge in [0.2, 0.25) is 0 Å². The molecule has 1 aliphatic rings. The number of ether oxygens (including phenoxy) is 1. The fourth-order valence-electron chi connectivity index (χ4n) is 1.13. The van der Waals surface area contributed by atoms with Crippen LogP contribution in [0.25, 0.3) is 0 Å². The monoisotopic (exact) mass is 179 g/mol. The molecular formula is C6H13NO5. The van der Waals surface area contributed by atoms with E-state index >= 15 is 0 Å². The molecular weight excluding hydrogens is 166 g/mol. The number of hydrogen-bond donors (Lipinski definition) is 5. The zero-order valence-electron chi connectivity index (χ0n) is 6.37. The lowest BCUT2D eigenvalue weighted by molar-refractivity contribution is -0.258. The van der Waals surface area contributed by atoms with Crippen LogP contribution in [0.2, 0.25) is 0 Å². The van der Waals surface area contributed by atoms with Crippen LogP contribution < -0.4 is 5.73 Å². The average molecular weight is 179 g/mol. The van der Waals surface area contributed by atoms with Crippen molar-refractivity contribution in [2.75, 3.05) is 6.61 Å². The second kappa shape index (κ2) is 3.65. The Morgan fingerprint density at radius 3 is 2.25 bits per heavy atom. The zero-order valence-corrected chi connectivity index (χ0v) is 6.37. The lowest BCUT2D eigenvalue weighted by Crippen LogP contribution is -2.62. The van der Waals surface area contributed by atoms with E-state index in [1.807, 2.05) is 0 Å². The summed E-state index contributed by atoms with van der Waals surface area (Å²) in [6.07, 6.45) is -4.85. The van der Waals surface area contributed by atoms with Crippen LogP contribution in [0.5, 0.6) is 0 Å². The first-order valence-electron chi connectivity index (χ1n) is 3.64. The van der Waals surface area contributed by atoms with Crippen molar-refractivity contribution in [2.24, 2.45) is 5.73 Å². The predicted molar refractivity (Wildman–Crippen MR) is 38.0 cm³/mol. The Morgan fingerprint density at radius 2 is 1.75 bits per heavy atom. The highest BCUT2D eigenvalue weighted by Crippen LogP contribution is 2.17. The van der Waals surface area contributed by atoms with Gasteiger partial charge in [-0.3, -0.25) is 0 Å². The Morgan fingerprint density at radius 1 is 1.17 bits per heavy atom. The number of aliphatic hydroxyl groups is 4. The molecule has 0 aromatic carbocycles. The molecule has 12 heavy (non-hydrogen) atoms. The van der Waals surface area contributed by atoms with Crippen LogP contribution in [0.4, 0.5) is 0 Å². The molecule has 72 valence electrons. The fourth-order valence-corrected chi connectivity index (χ4v) is 1.13. The lowest BCUT2D eigenvalue weighted by atomic mass is 9.97. The third kappa shape index (κ3) is 1.58. The minimum absolute atomic E-state index is 0.446. The predicted octanol–water partition coefficient (Wildman–Crippen LogP) is -3.26. The maximum Gasteiger partial charge on any atom is 0.183 e. The quantitative estimate of drug-likeness (QED) is 0.288. The van der Waals surface area contributed by atoms with E-state index in [0.717, 1.165) is 0 Å². The summed E-state index contributed by atoms with van der Waals surface area (Å²) in [4.78, 5) is 0. The van der Waals surface area contributed by atoms with Crippen molar-refractivity contribution in [3.63, 3.8) is 0 Å². The van der Waals surface area contributed by atoms with Crippen molar-refractivity contribution in [1.82, 2.24) is 0 Å². The smallest absolute Gasteiger partial charge is 0.183 e. The number of aliphatic hydroxyl groups excluding tert-OH is 4. The molecule has 6 N–H and O–H groups in total. The van der Waals surface area contributed by atoms with Crippen LogP contribution in [0, 0.1) is 0 Å². The maximum atomic E-state index is 9.24. The second-order valence-corrected chi connectivity index (χ2v) is 2.81. The molecule has 1 saturated heterocycles. The largest absolute Gasteiger partial charge is 0.394 e. The first kappa shape index (κ1) is 9.85. The van der Waals surface area contributed by atoms with Crippen LogP contribution in [0.15, 0.2) is 0 Å². The highest BCUT2D eigenvalue weighted by molar-refractivity contribution is 4.90. The molecule has 0 aliphatic carbocycles. The molecule has 1 aliphatic heterocycles. The van der Waals surface area contributed by atoms with Gasteiger partial charge in [0.05, 0.1) is 12.6 Å². The van der Waals surface area contributed by atoms with E-state index in [1.54, 1.807) is 0 Å². The Labute approximate surface area is 69.2 Å². The third-order valence-electron chi connectivity index (χ3n) is 1.96. The standard InChI is InChI=1S/C6H13NO5/c7-3-4(9)2(1-8)12-6(11)5(3)10/h2-6,8-11H,1,7H2/t2?,3-,4+,5?,6+/m0/s1. The van der Waals surface area contributed by atoms with Gasteiger partial charge in [-0.15, -0.1) is 0 Å². The highest BCUT2D eigenvalue weighted by Gasteiger charge is 2.41. The fraction of sp³-hybridized carbons (Fsp3) is 1.00. The molecule has 0 amide bonds. The van der Waals surface area contributed by atoms with Crippen molar-refractivity contribution in [3.8, 4) is 0 Å². The van der Waals surface area contributed by atoms with E-state index in [4.69, 9.17) is 21.1 Å². The molecule has 0 spiro atoms. The van der Waals surface area contributed by atoms with Gasteiger partial charge in [-0.25, -0.2) is 0 Å². The van der Waals surface area contributed by atoms with Crippen LogP contribution >= 0.6 is 0 Å². The van der Waals surface area contributed by atoms with Crippen molar-refractivity contribution < 1.29 is 25.2 Å². The Bertz CT molecular complexity index is 150. The summed E-state index contributed by atoms with van der Waals surface area (Å²) in [5.41, 5.74) is 5.33.